The first-order valence-electron chi connectivity index (χ1n) is 6.63. The van der Waals surface area contributed by atoms with Crippen LogP contribution in [-0.2, 0) is 16.4 Å². The van der Waals surface area contributed by atoms with E-state index in [0.717, 1.165) is 30.6 Å². The average molecular weight is 303 g/mol. The third-order valence-electron chi connectivity index (χ3n) is 3.99. The highest BCUT2D eigenvalue weighted by molar-refractivity contribution is 7.91. The SMILES string of the molecule is CCc1ccc(S(=O)(=O)NC2CCCC2(C)CO)s1. The molecule has 0 aromatic carbocycles. The zero-order valence-corrected chi connectivity index (χ0v) is 13.0. The maximum Gasteiger partial charge on any atom is 0.250 e. The van der Waals surface area contributed by atoms with E-state index in [1.807, 2.05) is 19.9 Å². The summed E-state index contributed by atoms with van der Waals surface area (Å²) in [7, 11) is -3.46. The summed E-state index contributed by atoms with van der Waals surface area (Å²) in [6.45, 7) is 3.97. The monoisotopic (exact) mass is 303 g/mol. The molecule has 1 saturated carbocycles. The zero-order chi connectivity index (χ0) is 14.1. The maximum atomic E-state index is 12.3. The number of sulfonamides is 1. The van der Waals surface area contributed by atoms with Gasteiger partial charge < -0.3 is 5.11 Å². The quantitative estimate of drug-likeness (QED) is 0.876. The van der Waals surface area contributed by atoms with Gasteiger partial charge in [0, 0.05) is 22.9 Å². The second-order valence-corrected chi connectivity index (χ2v) is 8.56. The fourth-order valence-electron chi connectivity index (χ4n) is 2.56. The van der Waals surface area contributed by atoms with Gasteiger partial charge in [-0.25, -0.2) is 13.1 Å². The lowest BCUT2D eigenvalue weighted by molar-refractivity contribution is 0.127. The van der Waals surface area contributed by atoms with E-state index in [9.17, 15) is 13.5 Å². The van der Waals surface area contributed by atoms with E-state index in [1.165, 1.54) is 11.3 Å². The van der Waals surface area contributed by atoms with Crippen molar-refractivity contribution in [3.05, 3.63) is 17.0 Å². The van der Waals surface area contributed by atoms with E-state index >= 15 is 0 Å². The van der Waals surface area contributed by atoms with Gasteiger partial charge in [0.25, 0.3) is 0 Å². The molecule has 0 aliphatic heterocycles. The van der Waals surface area contributed by atoms with Crippen molar-refractivity contribution in [3.8, 4) is 0 Å². The van der Waals surface area contributed by atoms with Crippen molar-refractivity contribution in [1.29, 1.82) is 0 Å². The van der Waals surface area contributed by atoms with Crippen LogP contribution in [0.3, 0.4) is 0 Å². The van der Waals surface area contributed by atoms with Crippen molar-refractivity contribution < 1.29 is 13.5 Å². The van der Waals surface area contributed by atoms with Crippen molar-refractivity contribution in [3.63, 3.8) is 0 Å². The Kier molecular flexibility index (Phi) is 4.35. The van der Waals surface area contributed by atoms with Crippen LogP contribution in [0.25, 0.3) is 0 Å². The number of aryl methyl sites for hydroxylation is 1. The number of rotatable bonds is 5. The molecule has 6 heteroatoms. The van der Waals surface area contributed by atoms with E-state index in [4.69, 9.17) is 0 Å². The molecule has 1 fully saturated rings. The van der Waals surface area contributed by atoms with E-state index in [1.54, 1.807) is 6.07 Å². The lowest BCUT2D eigenvalue weighted by Crippen LogP contribution is -2.44. The molecule has 0 bridgehead atoms. The van der Waals surface area contributed by atoms with Crippen molar-refractivity contribution >= 4 is 21.4 Å². The highest BCUT2D eigenvalue weighted by Crippen LogP contribution is 2.38. The van der Waals surface area contributed by atoms with Gasteiger partial charge in [-0.2, -0.15) is 0 Å². The van der Waals surface area contributed by atoms with Crippen LogP contribution < -0.4 is 4.72 Å². The minimum absolute atomic E-state index is 0.0187. The lowest BCUT2D eigenvalue weighted by Gasteiger charge is -2.29. The third kappa shape index (κ3) is 3.02. The molecule has 1 aromatic rings. The van der Waals surface area contributed by atoms with Crippen molar-refractivity contribution in [2.24, 2.45) is 5.41 Å². The van der Waals surface area contributed by atoms with Crippen LogP contribution in [0.15, 0.2) is 16.3 Å². The van der Waals surface area contributed by atoms with E-state index in [-0.39, 0.29) is 18.1 Å². The number of hydrogen-bond acceptors (Lipinski definition) is 4. The predicted molar refractivity (Wildman–Crippen MR) is 76.9 cm³/mol. The number of hydrogen-bond donors (Lipinski definition) is 2. The highest BCUT2D eigenvalue weighted by atomic mass is 32.2. The second-order valence-electron chi connectivity index (χ2n) is 5.45. The van der Waals surface area contributed by atoms with Crippen LogP contribution in [0.2, 0.25) is 0 Å². The smallest absolute Gasteiger partial charge is 0.250 e. The van der Waals surface area contributed by atoms with Gasteiger partial charge in [0.2, 0.25) is 10.0 Å². The molecular formula is C13H21NO3S2. The van der Waals surface area contributed by atoms with Gasteiger partial charge in [-0.05, 0) is 31.4 Å². The Morgan fingerprint density at radius 2 is 2.26 bits per heavy atom. The number of thiophene rings is 1. The first-order valence-corrected chi connectivity index (χ1v) is 8.93. The topological polar surface area (TPSA) is 66.4 Å². The normalized spacial score (nSPS) is 27.8. The Hall–Kier alpha value is -0.430. The Labute approximate surface area is 118 Å². The minimum Gasteiger partial charge on any atom is -0.396 e. The summed E-state index contributed by atoms with van der Waals surface area (Å²) in [5.74, 6) is 0. The van der Waals surface area contributed by atoms with Gasteiger partial charge >= 0.3 is 0 Å². The molecule has 1 aliphatic carbocycles. The van der Waals surface area contributed by atoms with Gasteiger partial charge in [0.15, 0.2) is 0 Å². The van der Waals surface area contributed by atoms with Gasteiger partial charge in [-0.15, -0.1) is 11.3 Å². The second kappa shape index (κ2) is 5.52. The number of aliphatic hydroxyl groups excluding tert-OH is 1. The molecule has 0 amide bonds. The summed E-state index contributed by atoms with van der Waals surface area (Å²) in [5, 5.41) is 9.47. The first kappa shape index (κ1) is 15.0. The molecule has 1 aliphatic rings. The molecule has 0 saturated heterocycles. The Morgan fingerprint density at radius 1 is 1.53 bits per heavy atom. The van der Waals surface area contributed by atoms with Crippen LogP contribution in [-0.4, -0.2) is 26.2 Å². The predicted octanol–water partition coefficient (Wildman–Crippen LogP) is 2.14. The molecule has 2 atom stereocenters. The molecule has 0 spiro atoms. The minimum atomic E-state index is -3.46. The summed E-state index contributed by atoms with van der Waals surface area (Å²) in [6.07, 6.45) is 3.45. The molecule has 2 unspecified atom stereocenters. The van der Waals surface area contributed by atoms with Crippen molar-refractivity contribution in [1.82, 2.24) is 4.72 Å². The zero-order valence-electron chi connectivity index (χ0n) is 11.3. The molecule has 2 rings (SSSR count). The van der Waals surface area contributed by atoms with E-state index in [0.29, 0.717) is 4.21 Å². The molecule has 108 valence electrons. The van der Waals surface area contributed by atoms with Crippen molar-refractivity contribution in [2.45, 2.75) is 49.8 Å². The van der Waals surface area contributed by atoms with Crippen LogP contribution in [0.4, 0.5) is 0 Å². The van der Waals surface area contributed by atoms with Crippen LogP contribution in [0, 0.1) is 5.41 Å². The van der Waals surface area contributed by atoms with Crippen LogP contribution >= 0.6 is 11.3 Å². The summed E-state index contributed by atoms with van der Waals surface area (Å²) in [6, 6.07) is 3.35. The Morgan fingerprint density at radius 3 is 2.84 bits per heavy atom. The summed E-state index contributed by atoms with van der Waals surface area (Å²) >= 11 is 1.32. The Bertz CT molecular complexity index is 538. The van der Waals surface area contributed by atoms with Gasteiger partial charge in [-0.1, -0.05) is 20.3 Å². The van der Waals surface area contributed by atoms with Crippen molar-refractivity contribution in [2.75, 3.05) is 6.61 Å². The third-order valence-corrected chi connectivity index (χ3v) is 7.18. The summed E-state index contributed by atoms with van der Waals surface area (Å²) in [5.41, 5.74) is -0.335. The van der Waals surface area contributed by atoms with Gasteiger partial charge in [0.05, 0.1) is 0 Å². The van der Waals surface area contributed by atoms with Gasteiger partial charge in [-0.3, -0.25) is 0 Å². The molecular weight excluding hydrogens is 282 g/mol. The van der Waals surface area contributed by atoms with Crippen LogP contribution in [0.5, 0.6) is 0 Å². The summed E-state index contributed by atoms with van der Waals surface area (Å²) < 4.78 is 27.8. The molecule has 1 aromatic heterocycles. The fourth-order valence-corrected chi connectivity index (χ4v) is 5.28. The fraction of sp³-hybridized carbons (Fsp3) is 0.692. The molecule has 19 heavy (non-hydrogen) atoms. The molecule has 1 heterocycles. The molecule has 4 nitrogen and oxygen atoms in total. The van der Waals surface area contributed by atoms with Gasteiger partial charge in [0.1, 0.15) is 4.21 Å². The highest BCUT2D eigenvalue weighted by Gasteiger charge is 2.40. The number of nitrogens with one attached hydrogen (secondary N) is 1. The number of aliphatic hydroxyl groups is 1. The average Bonchev–Trinajstić information content (AvgIpc) is 2.98. The lowest BCUT2D eigenvalue weighted by atomic mass is 9.86. The summed E-state index contributed by atoms with van der Waals surface area (Å²) in [4.78, 5) is 1.07. The molecule has 2 N–H and O–H groups in total. The maximum absolute atomic E-state index is 12.3. The Balaban J connectivity index is 2.17. The standard InChI is InChI=1S/C13H21NO3S2/c1-3-10-6-7-12(18-10)19(16,17)14-11-5-4-8-13(11,2)9-15/h6-7,11,14-15H,3-5,8-9H2,1-2H3. The van der Waals surface area contributed by atoms with E-state index < -0.39 is 10.0 Å². The largest absolute Gasteiger partial charge is 0.396 e. The van der Waals surface area contributed by atoms with E-state index in [2.05, 4.69) is 4.72 Å². The molecule has 0 radical (unpaired) electrons. The first-order chi connectivity index (χ1) is 8.91. The van der Waals surface area contributed by atoms with Crippen LogP contribution in [0.1, 0.15) is 38.0 Å².